The summed E-state index contributed by atoms with van der Waals surface area (Å²) in [6, 6.07) is 12.6. The maximum atomic E-state index is 11.2. The third-order valence-corrected chi connectivity index (χ3v) is 4.13. The number of furan rings is 1. The van der Waals surface area contributed by atoms with Crippen LogP contribution in [0.15, 0.2) is 51.4 Å². The van der Waals surface area contributed by atoms with Crippen LogP contribution in [0.4, 0.5) is 0 Å². The Morgan fingerprint density at radius 3 is 2.64 bits per heavy atom. The van der Waals surface area contributed by atoms with E-state index in [0.717, 1.165) is 15.4 Å². The summed E-state index contributed by atoms with van der Waals surface area (Å²) < 4.78 is 17.7. The van der Waals surface area contributed by atoms with Crippen LogP contribution in [0, 0.1) is 0 Å². The molecule has 0 bridgehead atoms. The molecule has 0 aliphatic rings. The summed E-state index contributed by atoms with van der Waals surface area (Å²) >= 11 is 3.45. The van der Waals surface area contributed by atoms with Gasteiger partial charge >= 0.3 is 5.97 Å². The molecule has 0 saturated heterocycles. The summed E-state index contributed by atoms with van der Waals surface area (Å²) in [6.45, 7) is 3.15. The summed E-state index contributed by atoms with van der Waals surface area (Å²) in [5.41, 5.74) is 1.43. The number of esters is 1. The molecular weight excluding hydrogens is 388 g/mol. The number of aliphatic hydroxyl groups excluding tert-OH is 1. The third-order valence-electron chi connectivity index (χ3n) is 3.64. The van der Waals surface area contributed by atoms with Gasteiger partial charge in [-0.3, -0.25) is 4.79 Å². The topological polar surface area (TPSA) is 68.9 Å². The van der Waals surface area contributed by atoms with Crippen molar-refractivity contribution >= 4 is 32.9 Å². The number of hydrogen-bond acceptors (Lipinski definition) is 5. The van der Waals surface area contributed by atoms with Crippen LogP contribution in [0.3, 0.4) is 0 Å². The van der Waals surface area contributed by atoms with E-state index in [9.17, 15) is 9.90 Å². The van der Waals surface area contributed by atoms with Gasteiger partial charge < -0.3 is 19.0 Å². The average molecular weight is 405 g/mol. The molecule has 1 atom stereocenters. The first-order valence-electron chi connectivity index (χ1n) is 7.75. The number of rotatable bonds is 5. The highest BCUT2D eigenvalue weighted by molar-refractivity contribution is 9.10. The fourth-order valence-electron chi connectivity index (χ4n) is 2.58. The Kier molecular flexibility index (Phi) is 5.11. The molecule has 0 aliphatic heterocycles. The number of hydrogen-bond donors (Lipinski definition) is 1. The molecule has 5 nitrogen and oxygen atoms in total. The van der Waals surface area contributed by atoms with E-state index in [1.54, 1.807) is 31.2 Å². The van der Waals surface area contributed by atoms with Gasteiger partial charge in [0.1, 0.15) is 24.1 Å². The van der Waals surface area contributed by atoms with E-state index in [4.69, 9.17) is 13.9 Å². The largest absolute Gasteiger partial charge is 0.485 e. The Balaban J connectivity index is 1.95. The van der Waals surface area contributed by atoms with Gasteiger partial charge in [-0.15, -0.1) is 0 Å². The van der Waals surface area contributed by atoms with E-state index in [1.165, 1.54) is 6.92 Å². The van der Waals surface area contributed by atoms with Crippen molar-refractivity contribution in [3.63, 3.8) is 0 Å². The molecule has 0 aliphatic carbocycles. The molecule has 3 rings (SSSR count). The predicted molar refractivity (Wildman–Crippen MR) is 96.6 cm³/mol. The zero-order chi connectivity index (χ0) is 18.0. The number of aliphatic hydroxyl groups is 1. The molecule has 1 heterocycles. The molecule has 25 heavy (non-hydrogen) atoms. The summed E-state index contributed by atoms with van der Waals surface area (Å²) in [6.07, 6.45) is -0.770. The van der Waals surface area contributed by atoms with E-state index in [2.05, 4.69) is 15.9 Å². The normalized spacial score (nSPS) is 12.2. The Hall–Kier alpha value is -2.31. The third kappa shape index (κ3) is 3.86. The lowest BCUT2D eigenvalue weighted by Gasteiger charge is -2.11. The molecule has 0 spiro atoms. The highest BCUT2D eigenvalue weighted by atomic mass is 79.9. The number of ether oxygens (including phenoxy) is 2. The summed E-state index contributed by atoms with van der Waals surface area (Å²) in [4.78, 5) is 11.2. The molecule has 1 aromatic heterocycles. The van der Waals surface area contributed by atoms with Gasteiger partial charge in [-0.05, 0) is 37.3 Å². The van der Waals surface area contributed by atoms with E-state index in [-0.39, 0.29) is 6.61 Å². The molecule has 0 radical (unpaired) electrons. The van der Waals surface area contributed by atoms with Gasteiger partial charge in [0, 0.05) is 22.3 Å². The van der Waals surface area contributed by atoms with E-state index >= 15 is 0 Å². The van der Waals surface area contributed by atoms with Gasteiger partial charge in [0.25, 0.3) is 0 Å². The van der Waals surface area contributed by atoms with Crippen LogP contribution in [-0.4, -0.2) is 11.1 Å². The van der Waals surface area contributed by atoms with Gasteiger partial charge in [-0.1, -0.05) is 28.1 Å². The average Bonchev–Trinajstić information content (AvgIpc) is 2.91. The zero-order valence-corrected chi connectivity index (χ0v) is 15.4. The highest BCUT2D eigenvalue weighted by Crippen LogP contribution is 2.34. The van der Waals surface area contributed by atoms with E-state index in [1.807, 2.05) is 18.2 Å². The molecule has 2 aromatic carbocycles. The molecule has 6 heteroatoms. The molecule has 0 amide bonds. The second-order valence-corrected chi connectivity index (χ2v) is 6.51. The minimum atomic E-state index is -0.770. The van der Waals surface area contributed by atoms with Gasteiger partial charge in [0.05, 0.1) is 0 Å². The lowest BCUT2D eigenvalue weighted by molar-refractivity contribution is -0.132. The molecule has 1 unspecified atom stereocenters. The van der Waals surface area contributed by atoms with Crippen LogP contribution < -0.4 is 9.47 Å². The quantitative estimate of drug-likeness (QED) is 0.490. The summed E-state index contributed by atoms with van der Waals surface area (Å²) in [5.74, 6) is 0.831. The maximum Gasteiger partial charge on any atom is 0.308 e. The standard InChI is InChI=1S/C19H17BrO5/c1-11(21)19-15(14-9-13(20)7-8-16(14)25-19)10-23-17-5-3-4-6-18(17)24-12(2)22/h3-9,11,21H,10H2,1-2H3. The van der Waals surface area contributed by atoms with Crippen molar-refractivity contribution in [3.05, 3.63) is 58.3 Å². The number of para-hydroxylation sites is 2. The number of fused-ring (bicyclic) bond motifs is 1. The minimum absolute atomic E-state index is 0.169. The van der Waals surface area contributed by atoms with Crippen LogP contribution in [0.25, 0.3) is 11.0 Å². The summed E-state index contributed by atoms with van der Waals surface area (Å²) in [7, 11) is 0. The molecule has 0 fully saturated rings. The van der Waals surface area contributed by atoms with Gasteiger partial charge in [-0.25, -0.2) is 0 Å². The first-order valence-corrected chi connectivity index (χ1v) is 8.54. The summed E-state index contributed by atoms with van der Waals surface area (Å²) in [5, 5.41) is 10.9. The number of carbonyl (C=O) groups is 1. The van der Waals surface area contributed by atoms with Gasteiger partial charge in [-0.2, -0.15) is 0 Å². The number of benzene rings is 2. The van der Waals surface area contributed by atoms with E-state index < -0.39 is 12.1 Å². The Morgan fingerprint density at radius 2 is 1.96 bits per heavy atom. The molecule has 130 valence electrons. The second-order valence-electron chi connectivity index (χ2n) is 5.59. The van der Waals surface area contributed by atoms with Crippen LogP contribution in [-0.2, 0) is 11.4 Å². The van der Waals surface area contributed by atoms with Gasteiger partial charge in [0.2, 0.25) is 0 Å². The van der Waals surface area contributed by atoms with Crippen molar-refractivity contribution in [3.8, 4) is 11.5 Å². The van der Waals surface area contributed by atoms with Crippen molar-refractivity contribution < 1.29 is 23.8 Å². The van der Waals surface area contributed by atoms with Crippen LogP contribution in [0.2, 0.25) is 0 Å². The minimum Gasteiger partial charge on any atom is -0.485 e. The fraction of sp³-hybridized carbons (Fsp3) is 0.211. The SMILES string of the molecule is CC(=O)Oc1ccccc1OCc1c(C(C)O)oc2ccc(Br)cc12. The smallest absolute Gasteiger partial charge is 0.308 e. The van der Waals surface area contributed by atoms with Crippen LogP contribution >= 0.6 is 15.9 Å². The first kappa shape index (κ1) is 17.5. The molecule has 3 aromatic rings. The fourth-order valence-corrected chi connectivity index (χ4v) is 2.95. The monoisotopic (exact) mass is 404 g/mol. The van der Waals surface area contributed by atoms with Crippen molar-refractivity contribution in [2.24, 2.45) is 0 Å². The van der Waals surface area contributed by atoms with Crippen molar-refractivity contribution in [1.29, 1.82) is 0 Å². The maximum absolute atomic E-state index is 11.2. The predicted octanol–water partition coefficient (Wildman–Crippen LogP) is 4.75. The second kappa shape index (κ2) is 7.29. The number of carbonyl (C=O) groups excluding carboxylic acids is 1. The first-order chi connectivity index (χ1) is 12.0. The van der Waals surface area contributed by atoms with Crippen LogP contribution in [0.5, 0.6) is 11.5 Å². The lowest BCUT2D eigenvalue weighted by atomic mass is 10.1. The molecule has 1 N–H and O–H groups in total. The Morgan fingerprint density at radius 1 is 1.24 bits per heavy atom. The lowest BCUT2D eigenvalue weighted by Crippen LogP contribution is -2.05. The van der Waals surface area contributed by atoms with Gasteiger partial charge in [0.15, 0.2) is 11.5 Å². The highest BCUT2D eigenvalue weighted by Gasteiger charge is 2.19. The van der Waals surface area contributed by atoms with E-state index in [0.29, 0.717) is 22.8 Å². The Labute approximate surface area is 153 Å². The number of halogens is 1. The van der Waals surface area contributed by atoms with Crippen molar-refractivity contribution in [1.82, 2.24) is 0 Å². The molecule has 0 saturated carbocycles. The zero-order valence-electron chi connectivity index (χ0n) is 13.8. The van der Waals surface area contributed by atoms with Crippen molar-refractivity contribution in [2.75, 3.05) is 0 Å². The Bertz CT molecular complexity index is 913. The van der Waals surface area contributed by atoms with Crippen LogP contribution in [0.1, 0.15) is 31.3 Å². The molecular formula is C19H17BrO5. The van der Waals surface area contributed by atoms with Crippen molar-refractivity contribution in [2.45, 2.75) is 26.6 Å².